The van der Waals surface area contributed by atoms with Crippen molar-refractivity contribution in [2.45, 2.75) is 12.5 Å². The Morgan fingerprint density at radius 2 is 2.15 bits per heavy atom. The van der Waals surface area contributed by atoms with Crippen molar-refractivity contribution in [1.29, 1.82) is 0 Å². The molecule has 6 heteroatoms. The summed E-state index contributed by atoms with van der Waals surface area (Å²) in [6.07, 6.45) is 0.498. The zero-order valence-corrected chi connectivity index (χ0v) is 11.1. The molecule has 1 N–H and O–H groups in total. The number of aromatic hydroxyl groups is 1. The molecule has 5 nitrogen and oxygen atoms in total. The molecule has 1 aliphatic heterocycles. The van der Waals surface area contributed by atoms with Crippen LogP contribution < -0.4 is 4.74 Å². The minimum Gasteiger partial charge on any atom is -0.506 e. The Kier molecular flexibility index (Phi) is 2.50. The van der Waals surface area contributed by atoms with Crippen molar-refractivity contribution in [3.63, 3.8) is 0 Å². The van der Waals surface area contributed by atoms with Crippen molar-refractivity contribution in [2.75, 3.05) is 0 Å². The van der Waals surface area contributed by atoms with Crippen LogP contribution in [0.4, 0.5) is 0 Å². The van der Waals surface area contributed by atoms with E-state index in [1.165, 1.54) is 11.3 Å². The van der Waals surface area contributed by atoms with Crippen molar-refractivity contribution in [3.05, 3.63) is 47.1 Å². The second kappa shape index (κ2) is 4.35. The van der Waals surface area contributed by atoms with Crippen LogP contribution in [0.5, 0.6) is 11.5 Å². The number of rotatable bonds is 2. The van der Waals surface area contributed by atoms with Crippen LogP contribution in [0.2, 0.25) is 0 Å². The predicted molar refractivity (Wildman–Crippen MR) is 72.8 cm³/mol. The normalized spacial score (nSPS) is 16.9. The van der Waals surface area contributed by atoms with Crippen LogP contribution in [0, 0.1) is 0 Å². The molecule has 0 saturated heterocycles. The van der Waals surface area contributed by atoms with Crippen LogP contribution in [0.15, 0.2) is 40.2 Å². The van der Waals surface area contributed by atoms with Crippen molar-refractivity contribution < 1.29 is 14.4 Å². The van der Waals surface area contributed by atoms with Crippen LogP contribution in [0.3, 0.4) is 0 Å². The summed E-state index contributed by atoms with van der Waals surface area (Å²) < 4.78 is 11.0. The number of benzene rings is 1. The van der Waals surface area contributed by atoms with Crippen LogP contribution in [0.1, 0.15) is 17.5 Å². The van der Waals surface area contributed by atoms with Crippen molar-refractivity contribution in [1.82, 2.24) is 10.1 Å². The third kappa shape index (κ3) is 1.77. The highest BCUT2D eigenvalue weighted by Crippen LogP contribution is 2.37. The number of thiophene rings is 1. The van der Waals surface area contributed by atoms with Gasteiger partial charge in [-0.2, -0.15) is 4.98 Å². The van der Waals surface area contributed by atoms with Crippen LogP contribution in [0.25, 0.3) is 10.8 Å². The number of fused-ring (bicyclic) bond motifs is 1. The Morgan fingerprint density at radius 1 is 1.25 bits per heavy atom. The van der Waals surface area contributed by atoms with Gasteiger partial charge in [0.15, 0.2) is 6.10 Å². The van der Waals surface area contributed by atoms with Gasteiger partial charge >= 0.3 is 0 Å². The van der Waals surface area contributed by atoms with E-state index in [0.717, 1.165) is 17.7 Å². The highest BCUT2D eigenvalue weighted by Gasteiger charge is 2.28. The minimum absolute atomic E-state index is 0.154. The van der Waals surface area contributed by atoms with E-state index in [1.807, 2.05) is 24.3 Å². The van der Waals surface area contributed by atoms with Gasteiger partial charge in [0.05, 0.1) is 0 Å². The maximum atomic E-state index is 9.67. The smallest absolute Gasteiger partial charge is 0.271 e. The van der Waals surface area contributed by atoms with E-state index in [1.54, 1.807) is 11.4 Å². The summed E-state index contributed by atoms with van der Waals surface area (Å²) in [4.78, 5) is 4.91. The Hall–Kier alpha value is -2.34. The SMILES string of the molecule is Oc1ccsc1-c1nc(C2Cc3ccccc3O2)no1. The molecular weight excluding hydrogens is 276 g/mol. The standard InChI is InChI=1S/C14H10N2O3S/c17-9-5-6-20-12(9)14-15-13(16-19-14)11-7-8-3-1-2-4-10(8)18-11/h1-6,11,17H,7H2. The lowest BCUT2D eigenvalue weighted by atomic mass is 10.1. The average Bonchev–Trinajstić information content (AvgIpc) is 3.15. The molecule has 4 rings (SSSR count). The summed E-state index contributed by atoms with van der Waals surface area (Å²) in [5, 5.41) is 15.4. The van der Waals surface area contributed by atoms with Gasteiger partial charge in [0, 0.05) is 6.42 Å². The lowest BCUT2D eigenvalue weighted by molar-refractivity contribution is 0.221. The quantitative estimate of drug-likeness (QED) is 0.783. The Morgan fingerprint density at radius 3 is 2.95 bits per heavy atom. The van der Waals surface area contributed by atoms with E-state index >= 15 is 0 Å². The first-order valence-electron chi connectivity index (χ1n) is 6.16. The summed E-state index contributed by atoms with van der Waals surface area (Å²) >= 11 is 1.36. The van der Waals surface area contributed by atoms with E-state index in [2.05, 4.69) is 10.1 Å². The summed E-state index contributed by atoms with van der Waals surface area (Å²) in [6.45, 7) is 0. The molecule has 0 fully saturated rings. The highest BCUT2D eigenvalue weighted by atomic mass is 32.1. The molecule has 0 aliphatic carbocycles. The molecule has 2 aromatic heterocycles. The van der Waals surface area contributed by atoms with Gasteiger partial charge in [-0.05, 0) is 23.1 Å². The molecule has 0 bridgehead atoms. The molecule has 0 spiro atoms. The fraction of sp³-hybridized carbons (Fsp3) is 0.143. The number of para-hydroxylation sites is 1. The molecule has 1 aromatic carbocycles. The number of hydrogen-bond donors (Lipinski definition) is 1. The number of aromatic nitrogens is 2. The molecule has 0 amide bonds. The molecule has 1 atom stereocenters. The van der Waals surface area contributed by atoms with Crippen LogP contribution in [-0.4, -0.2) is 15.2 Å². The van der Waals surface area contributed by atoms with Gasteiger partial charge in [-0.3, -0.25) is 0 Å². The highest BCUT2D eigenvalue weighted by molar-refractivity contribution is 7.13. The lowest BCUT2D eigenvalue weighted by Crippen LogP contribution is -2.05. The molecule has 1 unspecified atom stereocenters. The molecule has 100 valence electrons. The zero-order chi connectivity index (χ0) is 13.5. The first-order valence-corrected chi connectivity index (χ1v) is 7.04. The summed E-state index contributed by atoms with van der Waals surface area (Å²) in [5.74, 6) is 1.85. The molecule has 3 aromatic rings. The van der Waals surface area contributed by atoms with E-state index < -0.39 is 0 Å². The van der Waals surface area contributed by atoms with E-state index in [0.29, 0.717) is 16.6 Å². The first kappa shape index (κ1) is 11.5. The Bertz CT molecular complexity index is 740. The average molecular weight is 286 g/mol. The van der Waals surface area contributed by atoms with Crippen LogP contribution >= 0.6 is 11.3 Å². The molecule has 20 heavy (non-hydrogen) atoms. The number of nitrogens with zero attached hydrogens (tertiary/aromatic N) is 2. The summed E-state index contributed by atoms with van der Waals surface area (Å²) in [7, 11) is 0. The molecule has 1 aliphatic rings. The maximum Gasteiger partial charge on any atom is 0.271 e. The predicted octanol–water partition coefficient (Wildman–Crippen LogP) is 3.18. The zero-order valence-electron chi connectivity index (χ0n) is 10.3. The van der Waals surface area contributed by atoms with Gasteiger partial charge in [0.2, 0.25) is 5.82 Å². The fourth-order valence-corrected chi connectivity index (χ4v) is 2.95. The van der Waals surface area contributed by atoms with Gasteiger partial charge < -0.3 is 14.4 Å². The van der Waals surface area contributed by atoms with Gasteiger partial charge in [-0.25, -0.2) is 0 Å². The van der Waals surface area contributed by atoms with Gasteiger partial charge in [-0.1, -0.05) is 23.4 Å². The Balaban J connectivity index is 1.63. The molecule has 0 radical (unpaired) electrons. The number of hydrogen-bond acceptors (Lipinski definition) is 6. The first-order chi connectivity index (χ1) is 9.81. The third-order valence-electron chi connectivity index (χ3n) is 3.22. The second-order valence-electron chi connectivity index (χ2n) is 4.51. The maximum absolute atomic E-state index is 9.67. The van der Waals surface area contributed by atoms with Crippen molar-refractivity contribution >= 4 is 11.3 Å². The second-order valence-corrected chi connectivity index (χ2v) is 5.43. The number of ether oxygens (including phenoxy) is 1. The monoisotopic (exact) mass is 286 g/mol. The van der Waals surface area contributed by atoms with Crippen molar-refractivity contribution in [2.24, 2.45) is 0 Å². The fourth-order valence-electron chi connectivity index (χ4n) is 2.25. The van der Waals surface area contributed by atoms with E-state index in [9.17, 15) is 5.11 Å². The molecule has 0 saturated carbocycles. The lowest BCUT2D eigenvalue weighted by Gasteiger charge is -2.04. The van der Waals surface area contributed by atoms with Gasteiger partial charge in [0.25, 0.3) is 5.89 Å². The van der Waals surface area contributed by atoms with E-state index in [-0.39, 0.29) is 11.9 Å². The third-order valence-corrected chi connectivity index (χ3v) is 4.11. The van der Waals surface area contributed by atoms with Crippen LogP contribution in [-0.2, 0) is 6.42 Å². The topological polar surface area (TPSA) is 68.4 Å². The Labute approximate surface area is 118 Å². The minimum atomic E-state index is -0.230. The van der Waals surface area contributed by atoms with Gasteiger partial charge in [0.1, 0.15) is 16.4 Å². The van der Waals surface area contributed by atoms with E-state index in [4.69, 9.17) is 9.26 Å². The largest absolute Gasteiger partial charge is 0.506 e. The summed E-state index contributed by atoms with van der Waals surface area (Å²) in [6, 6.07) is 9.48. The van der Waals surface area contributed by atoms with Gasteiger partial charge in [-0.15, -0.1) is 11.3 Å². The molecule has 3 heterocycles. The summed E-state index contributed by atoms with van der Waals surface area (Å²) in [5.41, 5.74) is 1.14. The molecular formula is C14H10N2O3S. The van der Waals surface area contributed by atoms with Crippen molar-refractivity contribution in [3.8, 4) is 22.3 Å².